The molecule has 4 nitrogen and oxygen atoms in total. The van der Waals surface area contributed by atoms with Gasteiger partial charge in [-0.2, -0.15) is 11.8 Å². The van der Waals surface area contributed by atoms with Crippen LogP contribution in [0.3, 0.4) is 0 Å². The van der Waals surface area contributed by atoms with Crippen LogP contribution < -0.4 is 0 Å². The van der Waals surface area contributed by atoms with Gasteiger partial charge in [0.25, 0.3) is 0 Å². The van der Waals surface area contributed by atoms with Crippen molar-refractivity contribution in [2.75, 3.05) is 0 Å². The fourth-order valence-electron chi connectivity index (χ4n) is 5.38. The van der Waals surface area contributed by atoms with Crippen molar-refractivity contribution in [1.29, 1.82) is 0 Å². The van der Waals surface area contributed by atoms with Gasteiger partial charge in [0.05, 0.1) is 0 Å². The van der Waals surface area contributed by atoms with E-state index in [1.807, 2.05) is 25.6 Å². The van der Waals surface area contributed by atoms with Crippen LogP contribution >= 0.6 is 11.8 Å². The number of hydrogen-bond acceptors (Lipinski definition) is 5. The maximum Gasteiger partial charge on any atom is 0.162 e. The number of hydrogen-bond donors (Lipinski definition) is 0. The highest BCUT2D eigenvalue weighted by Gasteiger charge is 2.68. The van der Waals surface area contributed by atoms with Crippen molar-refractivity contribution >= 4 is 34.8 Å². The van der Waals surface area contributed by atoms with Crippen LogP contribution in [0.4, 0.5) is 0 Å². The van der Waals surface area contributed by atoms with Crippen LogP contribution in [0.1, 0.15) is 26.7 Å². The second-order valence-electron chi connectivity index (χ2n) is 7.28. The average molecular weight is 302 g/mol. The van der Waals surface area contributed by atoms with Gasteiger partial charge in [0.2, 0.25) is 0 Å². The van der Waals surface area contributed by atoms with Crippen LogP contribution in [0, 0.1) is 23.7 Å². The Bertz CT molecular complexity index is 586. The molecule has 0 bridgehead atoms. The number of rotatable bonds is 0. The molecule has 3 fully saturated rings. The Labute approximate surface area is 127 Å². The summed E-state index contributed by atoms with van der Waals surface area (Å²) >= 11 is 1.93. The van der Waals surface area contributed by atoms with Crippen molar-refractivity contribution in [1.82, 2.24) is 0 Å². The highest BCUT2D eigenvalue weighted by atomic mass is 32.2. The summed E-state index contributed by atoms with van der Waals surface area (Å²) in [4.78, 5) is 34.7. The molecule has 2 saturated carbocycles. The van der Waals surface area contributed by atoms with Gasteiger partial charge in [0, 0.05) is 45.6 Å². The Hall–Kier alpha value is -0.970. The quantitative estimate of drug-likeness (QED) is 0.682. The van der Waals surface area contributed by atoms with Crippen LogP contribution in [-0.4, -0.2) is 45.6 Å². The topological polar surface area (TPSA) is 58.9 Å². The lowest BCUT2D eigenvalue weighted by molar-refractivity contribution is -0.129. The zero-order valence-electron chi connectivity index (χ0n) is 12.2. The molecule has 110 valence electrons. The number of carbonyl (C=O) groups is 2. The number of fused-ring (bicyclic) bond motifs is 7. The van der Waals surface area contributed by atoms with E-state index in [2.05, 4.69) is 9.98 Å². The molecule has 1 saturated heterocycles. The molecule has 0 aromatic rings. The van der Waals surface area contributed by atoms with E-state index in [1.54, 1.807) is 0 Å². The first-order valence-corrected chi connectivity index (χ1v) is 8.80. The minimum Gasteiger partial charge on any atom is -0.297 e. The van der Waals surface area contributed by atoms with Crippen molar-refractivity contribution in [3.8, 4) is 0 Å². The highest BCUT2D eigenvalue weighted by Crippen LogP contribution is 2.61. The molecule has 0 spiro atoms. The minimum absolute atomic E-state index is 0.0690. The van der Waals surface area contributed by atoms with Gasteiger partial charge in [0.15, 0.2) is 11.6 Å². The van der Waals surface area contributed by atoms with Crippen molar-refractivity contribution in [3.05, 3.63) is 0 Å². The van der Waals surface area contributed by atoms with Gasteiger partial charge >= 0.3 is 0 Å². The van der Waals surface area contributed by atoms with E-state index in [1.165, 1.54) is 0 Å². The molecule has 0 radical (unpaired) electrons. The van der Waals surface area contributed by atoms with E-state index >= 15 is 0 Å². The molecule has 2 aliphatic carbocycles. The average Bonchev–Trinajstić information content (AvgIpc) is 3.15. The van der Waals surface area contributed by atoms with Gasteiger partial charge in [0.1, 0.15) is 12.1 Å². The number of Topliss-reactive ketones (excluding diaryl/α,β-unsaturated/α-hetero) is 2. The summed E-state index contributed by atoms with van der Waals surface area (Å²) in [5, 5.41) is 0.647. The van der Waals surface area contributed by atoms with Crippen molar-refractivity contribution < 1.29 is 9.59 Å². The molecule has 8 unspecified atom stereocenters. The summed E-state index contributed by atoms with van der Waals surface area (Å²) in [6.45, 7) is 4.05. The Morgan fingerprint density at radius 3 is 1.71 bits per heavy atom. The molecular formula is C16H18N2O2S. The lowest BCUT2D eigenvalue weighted by Crippen LogP contribution is -2.31. The van der Waals surface area contributed by atoms with Crippen LogP contribution in [-0.2, 0) is 9.59 Å². The molecule has 3 aliphatic heterocycles. The summed E-state index contributed by atoms with van der Waals surface area (Å²) in [7, 11) is 0. The smallest absolute Gasteiger partial charge is 0.162 e. The molecule has 0 amide bonds. The van der Waals surface area contributed by atoms with Crippen LogP contribution in [0.25, 0.3) is 0 Å². The summed E-state index contributed by atoms with van der Waals surface area (Å²) in [5.41, 5.74) is 2.22. The summed E-state index contributed by atoms with van der Waals surface area (Å²) in [6, 6.07) is -0.293. The van der Waals surface area contributed by atoms with Gasteiger partial charge in [-0.25, -0.2) is 0 Å². The second kappa shape index (κ2) is 3.86. The van der Waals surface area contributed by atoms with Gasteiger partial charge in [-0.3, -0.25) is 19.6 Å². The van der Waals surface area contributed by atoms with E-state index in [9.17, 15) is 9.59 Å². The lowest BCUT2D eigenvalue weighted by atomic mass is 9.85. The Kier molecular flexibility index (Phi) is 2.31. The van der Waals surface area contributed by atoms with Crippen molar-refractivity contribution in [2.45, 2.75) is 49.3 Å². The zero-order valence-corrected chi connectivity index (χ0v) is 13.0. The zero-order chi connectivity index (χ0) is 14.5. The third kappa shape index (κ3) is 1.39. The summed E-state index contributed by atoms with van der Waals surface area (Å²) < 4.78 is 0. The molecule has 5 rings (SSSR count). The molecule has 8 atom stereocenters. The highest BCUT2D eigenvalue weighted by molar-refractivity contribution is 8.01. The number of nitrogens with zero attached hydrogens (tertiary/aromatic N) is 2. The largest absolute Gasteiger partial charge is 0.297 e. The SMILES string of the molecule is CC1=NC2C(=O)C3C(SC4C5CC(C)=NC5C(=O)C43)C2C1. The first kappa shape index (κ1) is 12.6. The van der Waals surface area contributed by atoms with Crippen molar-refractivity contribution in [2.24, 2.45) is 33.7 Å². The number of carbonyl (C=O) groups excluding carboxylic acids is 2. The van der Waals surface area contributed by atoms with Gasteiger partial charge in [-0.1, -0.05) is 0 Å². The minimum atomic E-state index is -0.146. The monoisotopic (exact) mass is 302 g/mol. The summed E-state index contributed by atoms with van der Waals surface area (Å²) in [6.07, 6.45) is 1.89. The standard InChI is InChI=1S/C16H18N2O2S/c1-5-3-7-11(17-5)13(19)9-10-14(20)12-8(4-6(2)18-12)16(10)21-15(7)9/h7-12,15-16H,3-4H2,1-2H3. The van der Waals surface area contributed by atoms with Gasteiger partial charge in [-0.05, 0) is 26.7 Å². The third-order valence-electron chi connectivity index (χ3n) is 6.09. The first-order chi connectivity index (χ1) is 10.1. The van der Waals surface area contributed by atoms with Gasteiger partial charge in [-0.15, -0.1) is 0 Å². The normalized spacial score (nSPS) is 53.4. The van der Waals surface area contributed by atoms with E-state index in [4.69, 9.17) is 0 Å². The van der Waals surface area contributed by atoms with Crippen molar-refractivity contribution in [3.63, 3.8) is 0 Å². The third-order valence-corrected chi connectivity index (χ3v) is 8.00. The molecule has 5 heteroatoms. The number of ketones is 2. The van der Waals surface area contributed by atoms with E-state index in [0.29, 0.717) is 22.3 Å². The van der Waals surface area contributed by atoms with E-state index in [0.717, 1.165) is 24.3 Å². The maximum atomic E-state index is 12.8. The Morgan fingerprint density at radius 2 is 1.29 bits per heavy atom. The molecular weight excluding hydrogens is 284 g/mol. The predicted molar refractivity (Wildman–Crippen MR) is 82.2 cm³/mol. The maximum absolute atomic E-state index is 12.8. The lowest BCUT2D eigenvalue weighted by Gasteiger charge is -2.19. The molecule has 3 heterocycles. The Balaban J connectivity index is 1.52. The molecule has 0 aromatic heterocycles. The van der Waals surface area contributed by atoms with E-state index < -0.39 is 0 Å². The fraction of sp³-hybridized carbons (Fsp3) is 0.750. The van der Waals surface area contributed by atoms with Crippen LogP contribution in [0.2, 0.25) is 0 Å². The van der Waals surface area contributed by atoms with Crippen LogP contribution in [0.15, 0.2) is 9.98 Å². The predicted octanol–water partition coefficient (Wildman–Crippen LogP) is 1.57. The fourth-order valence-corrected chi connectivity index (χ4v) is 7.59. The number of aliphatic imine (C=N–C) groups is 2. The number of thioether (sulfide) groups is 1. The Morgan fingerprint density at radius 1 is 0.857 bits per heavy atom. The molecule has 0 aromatic carbocycles. The molecule has 0 N–H and O–H groups in total. The van der Waals surface area contributed by atoms with E-state index in [-0.39, 0.29) is 35.5 Å². The molecule has 21 heavy (non-hydrogen) atoms. The molecule has 5 aliphatic rings. The second-order valence-corrected chi connectivity index (χ2v) is 8.64. The van der Waals surface area contributed by atoms with Gasteiger partial charge < -0.3 is 0 Å². The summed E-state index contributed by atoms with van der Waals surface area (Å²) in [5.74, 6) is 1.06. The van der Waals surface area contributed by atoms with Crippen LogP contribution in [0.5, 0.6) is 0 Å². The first-order valence-electron chi connectivity index (χ1n) is 7.85.